The number of nitrogens with zero attached hydrogens (tertiary/aromatic N) is 1. The van der Waals surface area contributed by atoms with E-state index < -0.39 is 0 Å². The Bertz CT molecular complexity index is 662. The Morgan fingerprint density at radius 3 is 2.21 bits per heavy atom. The van der Waals surface area contributed by atoms with Crippen LogP contribution in [-0.2, 0) is 13.0 Å². The standard InChI is InChI=1S/C17H20N2O4.ClH/c1-22-16-8-5-14(11-17(16)23-2)12-18-10-9-13-3-6-15(7-4-13)19(20)21;/h3-8,11,18H,9-10,12H2,1-2H3;1H. The molecule has 0 spiro atoms. The fourth-order valence-corrected chi connectivity index (χ4v) is 2.24. The molecule has 6 nitrogen and oxygen atoms in total. The first-order valence-electron chi connectivity index (χ1n) is 7.29. The molecule has 0 aliphatic heterocycles. The zero-order valence-corrected chi connectivity index (χ0v) is 14.5. The molecule has 0 bridgehead atoms. The van der Waals surface area contributed by atoms with Crippen molar-refractivity contribution in [2.45, 2.75) is 13.0 Å². The minimum atomic E-state index is -0.390. The number of nitro groups is 1. The summed E-state index contributed by atoms with van der Waals surface area (Å²) in [6.07, 6.45) is 0.811. The van der Waals surface area contributed by atoms with Crippen LogP contribution in [0.15, 0.2) is 42.5 Å². The van der Waals surface area contributed by atoms with Crippen LogP contribution >= 0.6 is 12.4 Å². The quantitative estimate of drug-likeness (QED) is 0.448. The van der Waals surface area contributed by atoms with Crippen molar-refractivity contribution in [2.75, 3.05) is 20.8 Å². The van der Waals surface area contributed by atoms with Crippen LogP contribution in [0.3, 0.4) is 0 Å². The molecule has 24 heavy (non-hydrogen) atoms. The number of ether oxygens (including phenoxy) is 2. The normalized spacial score (nSPS) is 9.92. The number of hydrogen-bond acceptors (Lipinski definition) is 5. The molecule has 0 saturated heterocycles. The van der Waals surface area contributed by atoms with Crippen LogP contribution in [0.4, 0.5) is 5.69 Å². The number of non-ortho nitro benzene ring substituents is 1. The van der Waals surface area contributed by atoms with Gasteiger partial charge in [-0.15, -0.1) is 12.4 Å². The first-order chi connectivity index (χ1) is 11.1. The Labute approximate surface area is 147 Å². The molecule has 0 unspecified atom stereocenters. The van der Waals surface area contributed by atoms with Crippen molar-refractivity contribution in [3.63, 3.8) is 0 Å². The molecular weight excluding hydrogens is 332 g/mol. The van der Waals surface area contributed by atoms with E-state index in [1.165, 1.54) is 12.1 Å². The molecule has 130 valence electrons. The fraction of sp³-hybridized carbons (Fsp3) is 0.294. The van der Waals surface area contributed by atoms with Gasteiger partial charge in [0.25, 0.3) is 5.69 Å². The average molecular weight is 353 g/mol. The minimum Gasteiger partial charge on any atom is -0.493 e. The van der Waals surface area contributed by atoms with Gasteiger partial charge in [0, 0.05) is 18.7 Å². The van der Waals surface area contributed by atoms with E-state index in [9.17, 15) is 10.1 Å². The van der Waals surface area contributed by atoms with Crippen LogP contribution in [0, 0.1) is 10.1 Å². The van der Waals surface area contributed by atoms with Gasteiger partial charge in [-0.3, -0.25) is 10.1 Å². The molecule has 2 aromatic carbocycles. The average Bonchev–Trinajstić information content (AvgIpc) is 2.58. The maximum Gasteiger partial charge on any atom is 0.269 e. The summed E-state index contributed by atoms with van der Waals surface area (Å²) in [5.41, 5.74) is 2.29. The van der Waals surface area contributed by atoms with Gasteiger partial charge in [0.15, 0.2) is 11.5 Å². The molecule has 0 saturated carbocycles. The van der Waals surface area contributed by atoms with Crippen LogP contribution in [0.25, 0.3) is 0 Å². The lowest BCUT2D eigenvalue weighted by Crippen LogP contribution is -2.16. The number of hydrogen-bond donors (Lipinski definition) is 1. The van der Waals surface area contributed by atoms with E-state index in [1.54, 1.807) is 26.4 Å². The van der Waals surface area contributed by atoms with Gasteiger partial charge in [-0.25, -0.2) is 0 Å². The molecule has 7 heteroatoms. The van der Waals surface area contributed by atoms with Crippen molar-refractivity contribution in [1.29, 1.82) is 0 Å². The van der Waals surface area contributed by atoms with E-state index in [0.717, 1.165) is 24.1 Å². The van der Waals surface area contributed by atoms with Gasteiger partial charge in [-0.2, -0.15) is 0 Å². The van der Waals surface area contributed by atoms with Crippen LogP contribution in [-0.4, -0.2) is 25.7 Å². The summed E-state index contributed by atoms with van der Waals surface area (Å²) in [7, 11) is 3.23. The summed E-state index contributed by atoms with van der Waals surface area (Å²) in [6, 6.07) is 12.4. The highest BCUT2D eigenvalue weighted by molar-refractivity contribution is 5.85. The van der Waals surface area contributed by atoms with Gasteiger partial charge in [-0.05, 0) is 36.2 Å². The number of nitrogens with one attached hydrogen (secondary N) is 1. The summed E-state index contributed by atoms with van der Waals surface area (Å²) in [6.45, 7) is 1.50. The highest BCUT2D eigenvalue weighted by atomic mass is 35.5. The second-order valence-corrected chi connectivity index (χ2v) is 5.04. The largest absolute Gasteiger partial charge is 0.493 e. The molecule has 2 rings (SSSR count). The third-order valence-corrected chi connectivity index (χ3v) is 3.51. The van der Waals surface area contributed by atoms with E-state index in [0.29, 0.717) is 18.0 Å². The third kappa shape index (κ3) is 5.40. The fourth-order valence-electron chi connectivity index (χ4n) is 2.24. The lowest BCUT2D eigenvalue weighted by atomic mass is 10.1. The maximum absolute atomic E-state index is 10.6. The molecule has 0 aromatic heterocycles. The molecule has 0 amide bonds. The zero-order chi connectivity index (χ0) is 16.7. The number of halogens is 1. The predicted octanol–water partition coefficient (Wildman–Crippen LogP) is 3.37. The molecule has 0 aliphatic carbocycles. The van der Waals surface area contributed by atoms with Crippen LogP contribution < -0.4 is 14.8 Å². The summed E-state index contributed by atoms with van der Waals surface area (Å²) in [5.74, 6) is 1.42. The Morgan fingerprint density at radius 1 is 1.00 bits per heavy atom. The molecule has 0 atom stereocenters. The second kappa shape index (κ2) is 9.75. The van der Waals surface area contributed by atoms with Crippen LogP contribution in [0.5, 0.6) is 11.5 Å². The van der Waals surface area contributed by atoms with E-state index >= 15 is 0 Å². The lowest BCUT2D eigenvalue weighted by molar-refractivity contribution is -0.384. The Kier molecular flexibility index (Phi) is 8.01. The minimum absolute atomic E-state index is 0. The number of methoxy groups -OCH3 is 2. The number of nitro benzene ring substituents is 1. The maximum atomic E-state index is 10.6. The van der Waals surface area contributed by atoms with Gasteiger partial charge < -0.3 is 14.8 Å². The smallest absolute Gasteiger partial charge is 0.269 e. The molecule has 0 aliphatic rings. The van der Waals surface area contributed by atoms with Gasteiger partial charge in [0.1, 0.15) is 0 Å². The molecule has 2 aromatic rings. The van der Waals surface area contributed by atoms with Crippen molar-refractivity contribution in [1.82, 2.24) is 5.32 Å². The Morgan fingerprint density at radius 2 is 1.62 bits per heavy atom. The predicted molar refractivity (Wildman–Crippen MR) is 95.3 cm³/mol. The number of rotatable bonds is 8. The Balaban J connectivity index is 0.00000288. The topological polar surface area (TPSA) is 73.6 Å². The lowest BCUT2D eigenvalue weighted by Gasteiger charge is -2.10. The third-order valence-electron chi connectivity index (χ3n) is 3.51. The highest BCUT2D eigenvalue weighted by Crippen LogP contribution is 2.27. The van der Waals surface area contributed by atoms with Crippen molar-refractivity contribution in [3.8, 4) is 11.5 Å². The monoisotopic (exact) mass is 352 g/mol. The van der Waals surface area contributed by atoms with Gasteiger partial charge in [-0.1, -0.05) is 18.2 Å². The summed E-state index contributed by atoms with van der Waals surface area (Å²) < 4.78 is 10.5. The zero-order valence-electron chi connectivity index (χ0n) is 13.7. The summed E-state index contributed by atoms with van der Waals surface area (Å²) in [5, 5.41) is 13.9. The second-order valence-electron chi connectivity index (χ2n) is 5.04. The van der Waals surface area contributed by atoms with Crippen molar-refractivity contribution < 1.29 is 14.4 Å². The van der Waals surface area contributed by atoms with E-state index in [-0.39, 0.29) is 23.0 Å². The van der Waals surface area contributed by atoms with Crippen LogP contribution in [0.2, 0.25) is 0 Å². The summed E-state index contributed by atoms with van der Waals surface area (Å²) >= 11 is 0. The molecule has 0 radical (unpaired) electrons. The number of benzene rings is 2. The van der Waals surface area contributed by atoms with Gasteiger partial charge >= 0.3 is 0 Å². The van der Waals surface area contributed by atoms with Crippen molar-refractivity contribution >= 4 is 18.1 Å². The molecular formula is C17H21ClN2O4. The molecule has 0 fully saturated rings. The van der Waals surface area contributed by atoms with Crippen molar-refractivity contribution in [2.24, 2.45) is 0 Å². The first kappa shape index (κ1) is 19.7. The SMILES string of the molecule is COc1ccc(CNCCc2ccc([N+](=O)[O-])cc2)cc1OC.Cl. The Hall–Kier alpha value is -2.31. The van der Waals surface area contributed by atoms with Gasteiger partial charge in [0.2, 0.25) is 0 Å². The first-order valence-corrected chi connectivity index (χ1v) is 7.29. The van der Waals surface area contributed by atoms with Crippen molar-refractivity contribution in [3.05, 3.63) is 63.7 Å². The highest BCUT2D eigenvalue weighted by Gasteiger charge is 2.05. The summed E-state index contributed by atoms with van der Waals surface area (Å²) in [4.78, 5) is 10.2. The van der Waals surface area contributed by atoms with E-state index in [4.69, 9.17) is 9.47 Å². The molecule has 1 N–H and O–H groups in total. The van der Waals surface area contributed by atoms with E-state index in [2.05, 4.69) is 5.32 Å². The van der Waals surface area contributed by atoms with Crippen LogP contribution in [0.1, 0.15) is 11.1 Å². The van der Waals surface area contributed by atoms with Gasteiger partial charge in [0.05, 0.1) is 19.1 Å². The molecule has 0 heterocycles. The van der Waals surface area contributed by atoms with E-state index in [1.807, 2.05) is 18.2 Å².